The van der Waals surface area contributed by atoms with Gasteiger partial charge in [-0.15, -0.1) is 0 Å². The maximum atomic E-state index is 4.97. The van der Waals surface area contributed by atoms with Crippen LogP contribution in [0.4, 0.5) is 5.69 Å². The molecule has 0 aliphatic heterocycles. The summed E-state index contributed by atoms with van der Waals surface area (Å²) in [5.41, 5.74) is 15.3. The molecular formula is C38H39N3. The summed E-state index contributed by atoms with van der Waals surface area (Å²) in [6.45, 7) is 22.5. The standard InChI is InChI=1S/C36H33N3.C2H6/c1-6-14-29(15-7-2)39-35(9-4)30(8-3)33-24-28(20-21-36(33)39)37-38-34-23-27-17-11-10-16-26(27)22-25(5)31-18-12-13-19-32(31)34;1-2/h6-21,24,37H,1,3-5,22-23H2,2H3;1-2H3/b15-7-,29-14+,38-34+;. The number of benzene rings is 3. The van der Waals surface area contributed by atoms with E-state index in [2.05, 4.69) is 109 Å². The lowest BCUT2D eigenvalue weighted by Crippen LogP contribution is -2.15. The minimum atomic E-state index is 0.740. The second-order valence-corrected chi connectivity index (χ2v) is 9.54. The molecule has 5 rings (SSSR count). The van der Waals surface area contributed by atoms with Gasteiger partial charge in [0.25, 0.3) is 0 Å². The van der Waals surface area contributed by atoms with Crippen molar-refractivity contribution in [2.75, 3.05) is 5.43 Å². The van der Waals surface area contributed by atoms with Crippen LogP contribution in [0.2, 0.25) is 0 Å². The van der Waals surface area contributed by atoms with Gasteiger partial charge in [0, 0.05) is 28.6 Å². The first-order valence-electron chi connectivity index (χ1n) is 14.2. The van der Waals surface area contributed by atoms with Gasteiger partial charge < -0.3 is 4.57 Å². The topological polar surface area (TPSA) is 29.3 Å². The van der Waals surface area contributed by atoms with Crippen molar-refractivity contribution in [2.45, 2.75) is 33.6 Å². The predicted octanol–water partition coefficient (Wildman–Crippen LogP) is 10.2. The largest absolute Gasteiger partial charge is 0.309 e. The Morgan fingerprint density at radius 1 is 0.878 bits per heavy atom. The van der Waals surface area contributed by atoms with Crippen molar-refractivity contribution in [2.24, 2.45) is 5.10 Å². The SMILES string of the molecule is C=C/C=C(\C=C/C)n1c(C=C)c(C=C)c2cc(N/N=C3\Cc4ccccc4CC(=C)c4ccccc43)ccc21.CC. The molecule has 0 bridgehead atoms. The molecule has 3 heteroatoms. The highest BCUT2D eigenvalue weighted by atomic mass is 15.3. The summed E-state index contributed by atoms with van der Waals surface area (Å²) in [5, 5.41) is 6.04. The smallest absolute Gasteiger partial charge is 0.0729 e. The number of anilines is 1. The van der Waals surface area contributed by atoms with Crippen molar-refractivity contribution in [1.29, 1.82) is 0 Å². The second-order valence-electron chi connectivity index (χ2n) is 9.54. The number of fused-ring (bicyclic) bond motifs is 3. The Morgan fingerprint density at radius 3 is 2.22 bits per heavy atom. The summed E-state index contributed by atoms with van der Waals surface area (Å²) in [7, 11) is 0. The van der Waals surface area contributed by atoms with Crippen molar-refractivity contribution in [3.8, 4) is 0 Å². The normalized spacial score (nSPS) is 14.0. The maximum absolute atomic E-state index is 4.97. The molecule has 1 aliphatic carbocycles. The number of hydrazone groups is 1. The lowest BCUT2D eigenvalue weighted by atomic mass is 9.85. The van der Waals surface area contributed by atoms with Crippen molar-refractivity contribution in [3.05, 3.63) is 151 Å². The molecule has 3 nitrogen and oxygen atoms in total. The Kier molecular flexibility index (Phi) is 9.55. The molecular weight excluding hydrogens is 498 g/mol. The Balaban J connectivity index is 0.00000189. The van der Waals surface area contributed by atoms with Crippen molar-refractivity contribution in [3.63, 3.8) is 0 Å². The van der Waals surface area contributed by atoms with E-state index in [1.807, 2.05) is 45.1 Å². The number of rotatable bonds is 7. The van der Waals surface area contributed by atoms with Crippen LogP contribution < -0.4 is 5.43 Å². The monoisotopic (exact) mass is 537 g/mol. The van der Waals surface area contributed by atoms with Crippen LogP contribution in [0.25, 0.3) is 34.3 Å². The van der Waals surface area contributed by atoms with Gasteiger partial charge in [-0.25, -0.2) is 0 Å². The Hall–Kier alpha value is -4.89. The average molecular weight is 538 g/mol. The minimum Gasteiger partial charge on any atom is -0.309 e. The fourth-order valence-electron chi connectivity index (χ4n) is 5.37. The van der Waals surface area contributed by atoms with E-state index in [0.29, 0.717) is 0 Å². The van der Waals surface area contributed by atoms with Gasteiger partial charge in [-0.3, -0.25) is 5.43 Å². The average Bonchev–Trinajstić information content (AvgIpc) is 3.32. The lowest BCUT2D eigenvalue weighted by Gasteiger charge is -2.20. The first-order valence-corrected chi connectivity index (χ1v) is 14.2. The fraction of sp³-hybridized carbons (Fsp3) is 0.132. The first-order chi connectivity index (χ1) is 20.1. The number of hydrogen-bond donors (Lipinski definition) is 1. The van der Waals surface area contributed by atoms with E-state index in [1.54, 1.807) is 6.08 Å². The van der Waals surface area contributed by atoms with Crippen LogP contribution in [0.5, 0.6) is 0 Å². The van der Waals surface area contributed by atoms with E-state index in [-0.39, 0.29) is 0 Å². The van der Waals surface area contributed by atoms with Crippen LogP contribution in [-0.4, -0.2) is 10.3 Å². The summed E-state index contributed by atoms with van der Waals surface area (Å²) < 4.78 is 2.18. The Labute approximate surface area is 244 Å². The van der Waals surface area contributed by atoms with Gasteiger partial charge in [-0.1, -0.05) is 107 Å². The summed E-state index contributed by atoms with van der Waals surface area (Å²) in [6, 6.07) is 23.3. The molecule has 0 saturated carbocycles. The third-order valence-electron chi connectivity index (χ3n) is 7.15. The van der Waals surface area contributed by atoms with Gasteiger partial charge in [-0.05, 0) is 72.0 Å². The Morgan fingerprint density at radius 2 is 1.56 bits per heavy atom. The van der Waals surface area contributed by atoms with E-state index in [1.165, 1.54) is 11.1 Å². The summed E-state index contributed by atoms with van der Waals surface area (Å²) in [4.78, 5) is 0. The highest BCUT2D eigenvalue weighted by Crippen LogP contribution is 2.34. The minimum absolute atomic E-state index is 0.740. The molecule has 0 atom stereocenters. The molecule has 1 heterocycles. The molecule has 1 aliphatic rings. The van der Waals surface area contributed by atoms with Crippen LogP contribution in [0.15, 0.2) is 122 Å². The van der Waals surface area contributed by atoms with Crippen molar-refractivity contribution in [1.82, 2.24) is 4.57 Å². The van der Waals surface area contributed by atoms with Crippen LogP contribution >= 0.6 is 0 Å². The zero-order valence-electron chi connectivity index (χ0n) is 24.5. The molecule has 3 aromatic carbocycles. The summed E-state index contributed by atoms with van der Waals surface area (Å²) in [6.07, 6.45) is 13.2. The van der Waals surface area contributed by atoms with E-state index in [0.717, 1.165) is 68.8 Å². The van der Waals surface area contributed by atoms with Gasteiger partial charge >= 0.3 is 0 Å². The van der Waals surface area contributed by atoms with Gasteiger partial charge in [0.2, 0.25) is 0 Å². The van der Waals surface area contributed by atoms with Gasteiger partial charge in [0.15, 0.2) is 0 Å². The van der Waals surface area contributed by atoms with Crippen molar-refractivity contribution < 1.29 is 0 Å². The molecule has 1 aromatic heterocycles. The van der Waals surface area contributed by atoms with Crippen LogP contribution in [0.3, 0.4) is 0 Å². The van der Waals surface area contributed by atoms with Gasteiger partial charge in [0.05, 0.1) is 22.6 Å². The molecule has 206 valence electrons. The molecule has 0 saturated heterocycles. The highest BCUT2D eigenvalue weighted by Gasteiger charge is 2.19. The second kappa shape index (κ2) is 13.5. The lowest BCUT2D eigenvalue weighted by molar-refractivity contribution is 1.15. The third-order valence-corrected chi connectivity index (χ3v) is 7.15. The number of aromatic nitrogens is 1. The molecule has 0 fully saturated rings. The molecule has 4 aromatic rings. The first kappa shape index (κ1) is 29.1. The molecule has 0 spiro atoms. The molecule has 0 radical (unpaired) electrons. The van der Waals surface area contributed by atoms with Crippen LogP contribution in [0.1, 0.15) is 54.3 Å². The summed E-state index contributed by atoms with van der Waals surface area (Å²) >= 11 is 0. The van der Waals surface area contributed by atoms with E-state index in [4.69, 9.17) is 5.10 Å². The number of allylic oxidation sites excluding steroid dienone is 6. The number of nitrogens with zero attached hydrogens (tertiary/aromatic N) is 2. The van der Waals surface area contributed by atoms with Crippen LogP contribution in [-0.2, 0) is 12.8 Å². The molecule has 41 heavy (non-hydrogen) atoms. The number of nitrogens with one attached hydrogen (secondary N) is 1. The third kappa shape index (κ3) is 5.85. The van der Waals surface area contributed by atoms with E-state index >= 15 is 0 Å². The van der Waals surface area contributed by atoms with E-state index in [9.17, 15) is 0 Å². The summed E-state index contributed by atoms with van der Waals surface area (Å²) in [5.74, 6) is 0. The molecule has 1 N–H and O–H groups in total. The molecule has 0 amide bonds. The maximum Gasteiger partial charge on any atom is 0.0729 e. The van der Waals surface area contributed by atoms with Gasteiger partial charge in [-0.2, -0.15) is 5.10 Å². The quantitative estimate of drug-likeness (QED) is 0.184. The zero-order valence-corrected chi connectivity index (χ0v) is 24.5. The van der Waals surface area contributed by atoms with Crippen molar-refractivity contribution >= 4 is 45.7 Å². The number of hydrogen-bond acceptors (Lipinski definition) is 2. The fourth-order valence-corrected chi connectivity index (χ4v) is 5.37. The zero-order chi connectivity index (χ0) is 29.4. The highest BCUT2D eigenvalue weighted by molar-refractivity contribution is 6.07. The predicted molar refractivity (Wildman–Crippen MR) is 182 cm³/mol. The van der Waals surface area contributed by atoms with E-state index < -0.39 is 0 Å². The van der Waals surface area contributed by atoms with Crippen LogP contribution in [0, 0.1) is 0 Å². The Bertz CT molecular complexity index is 1700. The molecule has 0 unspecified atom stereocenters. The van der Waals surface area contributed by atoms with Gasteiger partial charge in [0.1, 0.15) is 0 Å².